The topological polar surface area (TPSA) is 32.3 Å². The second-order valence-corrected chi connectivity index (χ2v) is 5.00. The molecule has 0 bridgehead atoms. The summed E-state index contributed by atoms with van der Waals surface area (Å²) in [6, 6.07) is 5.78. The van der Waals surface area contributed by atoms with Crippen molar-refractivity contribution >= 4 is 5.91 Å². The van der Waals surface area contributed by atoms with Gasteiger partial charge in [-0.1, -0.05) is 24.3 Å². The molecular weight excluding hydrogens is 269 g/mol. The molecule has 110 valence electrons. The van der Waals surface area contributed by atoms with E-state index in [2.05, 4.69) is 5.43 Å². The van der Waals surface area contributed by atoms with Crippen LogP contribution in [0.1, 0.15) is 24.0 Å². The second-order valence-electron chi connectivity index (χ2n) is 5.00. The van der Waals surface area contributed by atoms with Crippen molar-refractivity contribution in [2.24, 2.45) is 0 Å². The third kappa shape index (κ3) is 3.50. The van der Waals surface area contributed by atoms with E-state index in [1.807, 2.05) is 31.2 Å². The van der Waals surface area contributed by atoms with Gasteiger partial charge in [-0.15, -0.1) is 0 Å². The number of nitrogens with one attached hydrogen (secondary N) is 1. The van der Waals surface area contributed by atoms with Crippen molar-refractivity contribution in [1.82, 2.24) is 10.4 Å². The second kappa shape index (κ2) is 5.83. The van der Waals surface area contributed by atoms with Crippen LogP contribution in [0.2, 0.25) is 0 Å². The number of hydrogen-bond donors (Lipinski definition) is 1. The Hall–Kier alpha value is -1.56. The van der Waals surface area contributed by atoms with Gasteiger partial charge < -0.3 is 0 Å². The molecule has 1 saturated heterocycles. The third-order valence-corrected chi connectivity index (χ3v) is 3.55. The summed E-state index contributed by atoms with van der Waals surface area (Å²) in [5, 5.41) is 1.01. The highest BCUT2D eigenvalue weighted by molar-refractivity contribution is 5.77. The quantitative estimate of drug-likeness (QED) is 0.922. The minimum absolute atomic E-state index is 0.0609. The number of nitrogens with zero attached hydrogens (tertiary/aromatic N) is 1. The van der Waals surface area contributed by atoms with Gasteiger partial charge in [0.25, 0.3) is 0 Å². The molecule has 1 fully saturated rings. The van der Waals surface area contributed by atoms with E-state index in [-0.39, 0.29) is 25.3 Å². The summed E-state index contributed by atoms with van der Waals surface area (Å²) in [5.41, 5.74) is 4.18. The van der Waals surface area contributed by atoms with E-state index in [1.165, 1.54) is 0 Å². The number of amides is 1. The maximum absolute atomic E-state index is 13.1. The number of carbonyl (C=O) groups is 1. The number of aryl methyl sites for hydroxylation is 2. The van der Waals surface area contributed by atoms with Gasteiger partial charge in [-0.3, -0.25) is 10.2 Å². The third-order valence-electron chi connectivity index (χ3n) is 3.55. The van der Waals surface area contributed by atoms with Crippen LogP contribution < -0.4 is 5.43 Å². The van der Waals surface area contributed by atoms with Crippen molar-refractivity contribution in [2.75, 3.05) is 6.54 Å². The lowest BCUT2D eigenvalue weighted by Crippen LogP contribution is -2.50. The Morgan fingerprint density at radius 3 is 2.60 bits per heavy atom. The van der Waals surface area contributed by atoms with Gasteiger partial charge in [0, 0.05) is 13.0 Å². The smallest absolute Gasteiger partial charge is 0.288 e. The SMILES string of the molecule is Cc1ccccc1CCC(N1CCC(=O)N1)C(F)(F)F. The molecule has 1 aliphatic rings. The van der Waals surface area contributed by atoms with Gasteiger partial charge in [-0.05, 0) is 30.9 Å². The molecule has 1 heterocycles. The largest absolute Gasteiger partial charge is 0.405 e. The Morgan fingerprint density at radius 2 is 2.05 bits per heavy atom. The lowest BCUT2D eigenvalue weighted by atomic mass is 10.0. The van der Waals surface area contributed by atoms with E-state index in [4.69, 9.17) is 0 Å². The number of halogens is 3. The van der Waals surface area contributed by atoms with E-state index in [9.17, 15) is 18.0 Å². The first-order chi connectivity index (χ1) is 9.38. The molecule has 6 heteroatoms. The summed E-state index contributed by atoms with van der Waals surface area (Å²) in [6.07, 6.45) is -3.95. The van der Waals surface area contributed by atoms with Gasteiger partial charge in [-0.25, -0.2) is 5.01 Å². The zero-order valence-electron chi connectivity index (χ0n) is 11.2. The molecule has 2 rings (SSSR count). The maximum Gasteiger partial charge on any atom is 0.405 e. The lowest BCUT2D eigenvalue weighted by Gasteiger charge is -2.29. The Bertz CT molecular complexity index is 488. The van der Waals surface area contributed by atoms with Crippen molar-refractivity contribution in [3.63, 3.8) is 0 Å². The summed E-state index contributed by atoms with van der Waals surface area (Å²) in [4.78, 5) is 11.1. The fraction of sp³-hybridized carbons (Fsp3) is 0.500. The minimum Gasteiger partial charge on any atom is -0.288 e. The normalized spacial score (nSPS) is 18.1. The van der Waals surface area contributed by atoms with Crippen LogP contribution in [0.25, 0.3) is 0 Å². The van der Waals surface area contributed by atoms with Crippen molar-refractivity contribution < 1.29 is 18.0 Å². The summed E-state index contributed by atoms with van der Waals surface area (Å²) < 4.78 is 39.3. The van der Waals surface area contributed by atoms with Gasteiger partial charge in [-0.2, -0.15) is 13.2 Å². The Balaban J connectivity index is 2.05. The molecule has 1 aromatic carbocycles. The predicted octanol–water partition coefficient (Wildman–Crippen LogP) is 2.60. The molecule has 1 aliphatic heterocycles. The Labute approximate surface area is 115 Å². The molecule has 3 nitrogen and oxygen atoms in total. The van der Waals surface area contributed by atoms with Crippen LogP contribution in [-0.4, -0.2) is 29.7 Å². The van der Waals surface area contributed by atoms with Crippen molar-refractivity contribution in [1.29, 1.82) is 0 Å². The Morgan fingerprint density at radius 1 is 1.35 bits per heavy atom. The first kappa shape index (κ1) is 14.8. The molecule has 0 saturated carbocycles. The highest BCUT2D eigenvalue weighted by Crippen LogP contribution is 2.29. The fourth-order valence-corrected chi connectivity index (χ4v) is 2.41. The summed E-state index contributed by atoms with van der Waals surface area (Å²) in [7, 11) is 0. The summed E-state index contributed by atoms with van der Waals surface area (Å²) in [6.45, 7) is 1.99. The van der Waals surface area contributed by atoms with Crippen molar-refractivity contribution in [3.8, 4) is 0 Å². The first-order valence-corrected chi connectivity index (χ1v) is 6.55. The number of benzene rings is 1. The van der Waals surface area contributed by atoms with E-state index in [1.54, 1.807) is 0 Å². The van der Waals surface area contributed by atoms with Crippen LogP contribution in [0.4, 0.5) is 13.2 Å². The lowest BCUT2D eigenvalue weighted by molar-refractivity contribution is -0.189. The van der Waals surface area contributed by atoms with Crippen LogP contribution >= 0.6 is 0 Å². The van der Waals surface area contributed by atoms with E-state index in [0.717, 1.165) is 16.1 Å². The van der Waals surface area contributed by atoms with E-state index < -0.39 is 12.2 Å². The molecule has 0 radical (unpaired) electrons. The monoisotopic (exact) mass is 286 g/mol. The first-order valence-electron chi connectivity index (χ1n) is 6.55. The molecule has 1 atom stereocenters. The zero-order chi connectivity index (χ0) is 14.8. The highest BCUT2D eigenvalue weighted by atomic mass is 19.4. The molecule has 1 unspecified atom stereocenters. The van der Waals surface area contributed by atoms with Gasteiger partial charge in [0.05, 0.1) is 0 Å². The number of hydrazine groups is 1. The molecule has 0 aromatic heterocycles. The number of alkyl halides is 3. The minimum atomic E-state index is -4.35. The predicted molar refractivity (Wildman–Crippen MR) is 68.8 cm³/mol. The molecule has 1 aromatic rings. The van der Waals surface area contributed by atoms with Crippen LogP contribution in [0.15, 0.2) is 24.3 Å². The van der Waals surface area contributed by atoms with Gasteiger partial charge in [0.2, 0.25) is 5.91 Å². The van der Waals surface area contributed by atoms with Gasteiger partial charge >= 0.3 is 6.18 Å². The van der Waals surface area contributed by atoms with Crippen LogP contribution in [0, 0.1) is 6.92 Å². The Kier molecular flexibility index (Phi) is 4.32. The molecule has 0 aliphatic carbocycles. The fourth-order valence-electron chi connectivity index (χ4n) is 2.41. The average molecular weight is 286 g/mol. The number of rotatable bonds is 4. The van der Waals surface area contributed by atoms with Crippen molar-refractivity contribution in [2.45, 2.75) is 38.4 Å². The summed E-state index contributed by atoms with van der Waals surface area (Å²) >= 11 is 0. The summed E-state index contributed by atoms with van der Waals surface area (Å²) in [5.74, 6) is -0.352. The highest BCUT2D eigenvalue weighted by Gasteiger charge is 2.45. The molecule has 20 heavy (non-hydrogen) atoms. The van der Waals surface area contributed by atoms with Gasteiger partial charge in [0.15, 0.2) is 0 Å². The van der Waals surface area contributed by atoms with E-state index >= 15 is 0 Å². The van der Waals surface area contributed by atoms with Crippen molar-refractivity contribution in [3.05, 3.63) is 35.4 Å². The molecular formula is C14H17F3N2O. The van der Waals surface area contributed by atoms with E-state index in [0.29, 0.717) is 6.42 Å². The average Bonchev–Trinajstić information content (AvgIpc) is 2.76. The van der Waals surface area contributed by atoms with Crippen LogP contribution in [0.5, 0.6) is 0 Å². The molecule has 1 amide bonds. The number of carbonyl (C=O) groups excluding carboxylic acids is 1. The number of hydrogen-bond acceptors (Lipinski definition) is 2. The zero-order valence-corrected chi connectivity index (χ0v) is 11.2. The maximum atomic E-state index is 13.1. The van der Waals surface area contributed by atoms with Crippen LogP contribution in [0.3, 0.4) is 0 Å². The van der Waals surface area contributed by atoms with Gasteiger partial charge in [0.1, 0.15) is 6.04 Å². The molecule has 0 spiro atoms. The van der Waals surface area contributed by atoms with Crippen LogP contribution in [-0.2, 0) is 11.2 Å². The molecule has 1 N–H and O–H groups in total. The standard InChI is InChI=1S/C14H17F3N2O/c1-10-4-2-3-5-11(10)6-7-12(14(15,16)17)19-9-8-13(20)18-19/h2-5,12H,6-9H2,1H3,(H,18,20).